The molecule has 0 aromatic heterocycles. The van der Waals surface area contributed by atoms with Crippen molar-refractivity contribution in [1.82, 2.24) is 0 Å². The molecule has 0 unspecified atom stereocenters. The molecule has 0 spiro atoms. The molecule has 2 aliphatic carbocycles. The lowest BCUT2D eigenvalue weighted by molar-refractivity contribution is 0.252. The number of rotatable bonds is 3. The van der Waals surface area contributed by atoms with E-state index in [1.807, 2.05) is 0 Å². The third-order valence-electron chi connectivity index (χ3n) is 3.62. The number of hydrogen-bond acceptors (Lipinski definition) is 3. The minimum Gasteiger partial charge on any atom is -0.312 e. The van der Waals surface area contributed by atoms with Gasteiger partial charge in [0.1, 0.15) is 0 Å². The Kier molecular flexibility index (Phi) is 2.52. The van der Waals surface area contributed by atoms with Crippen LogP contribution >= 0.6 is 7.60 Å². The monoisotopic (exact) mass is 204 g/mol. The maximum Gasteiger partial charge on any atom is 0.333 e. The van der Waals surface area contributed by atoms with Crippen molar-refractivity contribution in [3.05, 3.63) is 0 Å². The molecule has 0 amide bonds. The standard InChI is InChI=1S/C9H17O3P/c1-11-13(10,12-2)9-6-7-3-4-8(9)5-7/h7-9H,3-6H2,1-2H3/t7-,8+,9-/m0/s1. The van der Waals surface area contributed by atoms with Gasteiger partial charge in [0.25, 0.3) is 0 Å². The molecular weight excluding hydrogens is 187 g/mol. The Morgan fingerprint density at radius 3 is 2.23 bits per heavy atom. The average molecular weight is 204 g/mol. The quantitative estimate of drug-likeness (QED) is 0.663. The maximum atomic E-state index is 12.1. The van der Waals surface area contributed by atoms with Crippen molar-refractivity contribution >= 4 is 7.60 Å². The molecule has 0 aliphatic heterocycles. The van der Waals surface area contributed by atoms with Crippen LogP contribution in [0.2, 0.25) is 0 Å². The van der Waals surface area contributed by atoms with Gasteiger partial charge in [0, 0.05) is 14.2 Å². The van der Waals surface area contributed by atoms with Crippen LogP contribution in [0.15, 0.2) is 0 Å². The van der Waals surface area contributed by atoms with Gasteiger partial charge in [-0.15, -0.1) is 0 Å². The predicted molar refractivity (Wildman–Crippen MR) is 50.9 cm³/mol. The minimum absolute atomic E-state index is 0.182. The molecule has 13 heavy (non-hydrogen) atoms. The van der Waals surface area contributed by atoms with E-state index in [4.69, 9.17) is 9.05 Å². The number of hydrogen-bond donors (Lipinski definition) is 0. The Balaban J connectivity index is 2.13. The Morgan fingerprint density at radius 1 is 1.15 bits per heavy atom. The second-order valence-electron chi connectivity index (χ2n) is 4.15. The lowest BCUT2D eigenvalue weighted by Gasteiger charge is -2.27. The molecule has 2 fully saturated rings. The maximum absolute atomic E-state index is 12.1. The topological polar surface area (TPSA) is 35.5 Å². The van der Waals surface area contributed by atoms with Crippen LogP contribution in [0, 0.1) is 11.8 Å². The molecule has 0 heterocycles. The van der Waals surface area contributed by atoms with Crippen molar-refractivity contribution in [2.24, 2.45) is 11.8 Å². The van der Waals surface area contributed by atoms with Crippen molar-refractivity contribution in [1.29, 1.82) is 0 Å². The average Bonchev–Trinajstić information content (AvgIpc) is 2.77. The summed E-state index contributed by atoms with van der Waals surface area (Å²) in [6.07, 6.45) is 4.81. The van der Waals surface area contributed by atoms with E-state index in [0.29, 0.717) is 5.92 Å². The normalized spacial score (nSPS) is 38.5. The van der Waals surface area contributed by atoms with Gasteiger partial charge in [-0.3, -0.25) is 4.57 Å². The van der Waals surface area contributed by atoms with Crippen LogP contribution in [0.25, 0.3) is 0 Å². The van der Waals surface area contributed by atoms with Gasteiger partial charge in [-0.05, 0) is 31.1 Å². The highest BCUT2D eigenvalue weighted by molar-refractivity contribution is 7.54. The summed E-state index contributed by atoms with van der Waals surface area (Å²) in [7, 11) is 0.222. The molecule has 0 N–H and O–H groups in total. The first kappa shape index (κ1) is 9.70. The van der Waals surface area contributed by atoms with E-state index in [1.54, 1.807) is 0 Å². The third-order valence-corrected chi connectivity index (χ3v) is 6.08. The molecule has 0 aromatic carbocycles. The van der Waals surface area contributed by atoms with Crippen LogP contribution in [0.4, 0.5) is 0 Å². The zero-order valence-corrected chi connectivity index (χ0v) is 9.13. The highest BCUT2D eigenvalue weighted by Gasteiger charge is 2.49. The van der Waals surface area contributed by atoms with Crippen molar-refractivity contribution < 1.29 is 13.6 Å². The first-order valence-corrected chi connectivity index (χ1v) is 6.52. The van der Waals surface area contributed by atoms with Crippen LogP contribution in [0.1, 0.15) is 25.7 Å². The van der Waals surface area contributed by atoms with Crippen LogP contribution in [0.5, 0.6) is 0 Å². The summed E-state index contributed by atoms with van der Waals surface area (Å²) in [5.41, 5.74) is 0.182. The summed E-state index contributed by atoms with van der Waals surface area (Å²) in [5.74, 6) is 1.38. The highest BCUT2D eigenvalue weighted by Crippen LogP contribution is 2.63. The molecule has 76 valence electrons. The summed E-state index contributed by atoms with van der Waals surface area (Å²) in [5, 5.41) is 0. The van der Waals surface area contributed by atoms with E-state index in [2.05, 4.69) is 0 Å². The molecule has 2 saturated carbocycles. The smallest absolute Gasteiger partial charge is 0.312 e. The molecule has 0 saturated heterocycles. The zero-order valence-electron chi connectivity index (χ0n) is 8.23. The SMILES string of the molecule is COP(=O)(OC)[C@H]1C[C@H]2CC[C@@H]1C2. The van der Waals surface area contributed by atoms with Gasteiger partial charge in [0.05, 0.1) is 5.66 Å². The summed E-state index contributed by atoms with van der Waals surface area (Å²) in [6, 6.07) is 0. The lowest BCUT2D eigenvalue weighted by atomic mass is 10.0. The first-order valence-electron chi connectivity index (χ1n) is 4.91. The van der Waals surface area contributed by atoms with Crippen LogP contribution in [-0.4, -0.2) is 19.9 Å². The van der Waals surface area contributed by atoms with Gasteiger partial charge in [0.15, 0.2) is 0 Å². The molecule has 2 rings (SSSR count). The predicted octanol–water partition coefficient (Wildman–Crippen LogP) is 2.66. The fraction of sp³-hybridized carbons (Fsp3) is 1.00. The van der Waals surface area contributed by atoms with Gasteiger partial charge in [-0.2, -0.15) is 0 Å². The van der Waals surface area contributed by atoms with Crippen LogP contribution in [-0.2, 0) is 13.6 Å². The van der Waals surface area contributed by atoms with E-state index in [0.717, 1.165) is 12.3 Å². The van der Waals surface area contributed by atoms with Gasteiger partial charge < -0.3 is 9.05 Å². The molecule has 2 aliphatic rings. The lowest BCUT2D eigenvalue weighted by Crippen LogP contribution is -2.18. The summed E-state index contributed by atoms with van der Waals surface area (Å²) < 4.78 is 22.2. The van der Waals surface area contributed by atoms with Crippen LogP contribution < -0.4 is 0 Å². The minimum atomic E-state index is -2.77. The van der Waals surface area contributed by atoms with Crippen molar-refractivity contribution in [2.45, 2.75) is 31.3 Å². The molecule has 2 bridgehead atoms. The third kappa shape index (κ3) is 1.47. The van der Waals surface area contributed by atoms with E-state index < -0.39 is 7.60 Å². The van der Waals surface area contributed by atoms with Gasteiger partial charge >= 0.3 is 7.60 Å². The second kappa shape index (κ2) is 3.38. The van der Waals surface area contributed by atoms with E-state index in [-0.39, 0.29) is 5.66 Å². The summed E-state index contributed by atoms with van der Waals surface area (Å²) in [6.45, 7) is 0. The fourth-order valence-electron chi connectivity index (χ4n) is 2.94. The van der Waals surface area contributed by atoms with Crippen molar-refractivity contribution in [2.75, 3.05) is 14.2 Å². The first-order chi connectivity index (χ1) is 6.19. The molecule has 4 heteroatoms. The summed E-state index contributed by atoms with van der Waals surface area (Å²) in [4.78, 5) is 0. The largest absolute Gasteiger partial charge is 0.333 e. The molecule has 3 atom stereocenters. The van der Waals surface area contributed by atoms with Gasteiger partial charge in [-0.1, -0.05) is 6.42 Å². The van der Waals surface area contributed by atoms with Gasteiger partial charge in [-0.25, -0.2) is 0 Å². The summed E-state index contributed by atoms with van der Waals surface area (Å²) >= 11 is 0. The molecule has 0 radical (unpaired) electrons. The van der Waals surface area contributed by atoms with E-state index >= 15 is 0 Å². The second-order valence-corrected chi connectivity index (χ2v) is 6.62. The number of fused-ring (bicyclic) bond motifs is 2. The molecule has 3 nitrogen and oxygen atoms in total. The van der Waals surface area contributed by atoms with E-state index in [9.17, 15) is 4.57 Å². The Bertz CT molecular complexity index is 233. The molecular formula is C9H17O3P. The Hall–Kier alpha value is 0.150. The van der Waals surface area contributed by atoms with E-state index in [1.165, 1.54) is 33.5 Å². The zero-order chi connectivity index (χ0) is 9.47. The van der Waals surface area contributed by atoms with Crippen molar-refractivity contribution in [3.8, 4) is 0 Å². The molecule has 0 aromatic rings. The fourth-order valence-corrected chi connectivity index (χ4v) is 4.98. The van der Waals surface area contributed by atoms with Gasteiger partial charge in [0.2, 0.25) is 0 Å². The van der Waals surface area contributed by atoms with Crippen molar-refractivity contribution in [3.63, 3.8) is 0 Å². The Morgan fingerprint density at radius 2 is 1.85 bits per heavy atom. The highest BCUT2D eigenvalue weighted by atomic mass is 31.2. The van der Waals surface area contributed by atoms with Crippen LogP contribution in [0.3, 0.4) is 0 Å². The Labute approximate surface area is 79.3 Å².